The average Bonchev–Trinajstić information content (AvgIpc) is 3.30. The number of hydrogen-bond acceptors (Lipinski definition) is 4. The SMILES string of the molecule is CC1=CC(/C=C/c2cc3cc4c(cc3oc2=O)C#CCCS(=O)(=O)C4)=[N+]2C1=Cc1c(C)cc(C)n1[B-]2(F)F. The highest BCUT2D eigenvalue weighted by molar-refractivity contribution is 7.90. The Hall–Kier alpha value is -3.97. The van der Waals surface area contributed by atoms with Gasteiger partial charge >= 0.3 is 12.6 Å². The summed E-state index contributed by atoms with van der Waals surface area (Å²) in [5.74, 6) is 5.64. The number of aryl methyl sites for hydroxylation is 2. The number of halogens is 2. The zero-order valence-electron chi connectivity index (χ0n) is 21.0. The van der Waals surface area contributed by atoms with Gasteiger partial charge in [-0.1, -0.05) is 11.8 Å². The molecule has 0 saturated heterocycles. The van der Waals surface area contributed by atoms with Gasteiger partial charge in [0.2, 0.25) is 0 Å². The van der Waals surface area contributed by atoms with Crippen molar-refractivity contribution in [3.8, 4) is 11.8 Å². The third-order valence-electron chi connectivity index (χ3n) is 7.22. The molecule has 0 aliphatic carbocycles. The predicted molar refractivity (Wildman–Crippen MR) is 145 cm³/mol. The van der Waals surface area contributed by atoms with E-state index in [9.17, 15) is 13.2 Å². The van der Waals surface area contributed by atoms with Crippen molar-refractivity contribution in [2.45, 2.75) is 32.9 Å². The van der Waals surface area contributed by atoms with Gasteiger partial charge in [-0.25, -0.2) is 13.2 Å². The highest BCUT2D eigenvalue weighted by Crippen LogP contribution is 2.37. The molecule has 6 nitrogen and oxygen atoms in total. The molecule has 0 saturated carbocycles. The van der Waals surface area contributed by atoms with E-state index in [1.54, 1.807) is 50.3 Å². The van der Waals surface area contributed by atoms with Crippen LogP contribution >= 0.6 is 0 Å². The molecule has 2 aromatic heterocycles. The van der Waals surface area contributed by atoms with Gasteiger partial charge in [0.1, 0.15) is 5.58 Å². The largest absolute Gasteiger partial charge is 0.737 e. The Morgan fingerprint density at radius 1 is 1.11 bits per heavy atom. The van der Waals surface area contributed by atoms with Crippen LogP contribution in [0.3, 0.4) is 0 Å². The second kappa shape index (κ2) is 8.27. The molecule has 0 atom stereocenters. The molecule has 0 fully saturated rings. The first kappa shape index (κ1) is 24.4. The predicted octanol–water partition coefficient (Wildman–Crippen LogP) is 4.59. The van der Waals surface area contributed by atoms with Gasteiger partial charge < -0.3 is 22.0 Å². The summed E-state index contributed by atoms with van der Waals surface area (Å²) >= 11 is 0. The van der Waals surface area contributed by atoms with Crippen LogP contribution in [0.4, 0.5) is 8.63 Å². The molecular formula is C28H23BF2N2O4S. The average molecular weight is 532 g/mol. The maximum atomic E-state index is 15.8. The van der Waals surface area contributed by atoms with Gasteiger partial charge in [-0.3, -0.25) is 0 Å². The molecule has 38 heavy (non-hydrogen) atoms. The quantitative estimate of drug-likeness (QED) is 0.275. The maximum absolute atomic E-state index is 15.8. The zero-order valence-corrected chi connectivity index (χ0v) is 21.8. The van der Waals surface area contributed by atoms with E-state index in [0.29, 0.717) is 39.2 Å². The van der Waals surface area contributed by atoms with E-state index in [1.807, 2.05) is 6.92 Å². The summed E-state index contributed by atoms with van der Waals surface area (Å²) in [6.45, 7) is 1.11. The molecule has 5 heterocycles. The van der Waals surface area contributed by atoms with Crippen LogP contribution in [-0.2, 0) is 15.6 Å². The summed E-state index contributed by atoms with van der Waals surface area (Å²) in [5, 5.41) is 0.528. The number of fused-ring (bicyclic) bond motifs is 4. The van der Waals surface area contributed by atoms with Crippen molar-refractivity contribution in [2.24, 2.45) is 0 Å². The van der Waals surface area contributed by atoms with Crippen LogP contribution < -0.4 is 5.63 Å². The number of allylic oxidation sites excluding steroid dienone is 3. The van der Waals surface area contributed by atoms with Crippen LogP contribution in [0.15, 0.2) is 56.9 Å². The zero-order chi connectivity index (χ0) is 27.0. The molecule has 192 valence electrons. The van der Waals surface area contributed by atoms with Crippen LogP contribution in [0.25, 0.3) is 23.1 Å². The number of rotatable bonds is 2. The van der Waals surface area contributed by atoms with E-state index >= 15 is 8.63 Å². The minimum absolute atomic E-state index is 0.0104. The van der Waals surface area contributed by atoms with Gasteiger partial charge in [-0.05, 0) is 67.9 Å². The standard InChI is InChI=1S/C28H23BF2N2O4S/c1-17-10-19(3)32-25(17)15-26-18(2)11-24(33(26)29(32,30)31)8-7-21-12-22-13-23-16-38(35,36)9-5-4-6-20(23)14-27(22)37-28(21)34/h7-8,10-15H,5,9,16H2,1-3H3/b8-7+. The Balaban J connectivity index is 1.45. The van der Waals surface area contributed by atoms with Crippen LogP contribution in [0.5, 0.6) is 0 Å². The van der Waals surface area contributed by atoms with Gasteiger partial charge in [-0.15, -0.1) is 0 Å². The van der Waals surface area contributed by atoms with Crippen molar-refractivity contribution in [1.29, 1.82) is 0 Å². The van der Waals surface area contributed by atoms with E-state index in [1.165, 1.54) is 12.2 Å². The monoisotopic (exact) mass is 532 g/mol. The summed E-state index contributed by atoms with van der Waals surface area (Å²) in [6.07, 6.45) is 6.63. The lowest BCUT2D eigenvalue weighted by Gasteiger charge is -2.30. The normalized spacial score (nSPS) is 19.2. The third kappa shape index (κ3) is 3.81. The minimum Gasteiger partial charge on any atom is -0.422 e. The number of sulfone groups is 1. The second-order valence-corrected chi connectivity index (χ2v) is 12.2. The Morgan fingerprint density at radius 2 is 1.89 bits per heavy atom. The first-order valence-electron chi connectivity index (χ1n) is 12.2. The van der Waals surface area contributed by atoms with Crippen LogP contribution in [0.1, 0.15) is 47.0 Å². The van der Waals surface area contributed by atoms with Crippen molar-refractivity contribution in [2.75, 3.05) is 5.75 Å². The number of nitrogens with zero attached hydrogens (tertiary/aromatic N) is 2. The van der Waals surface area contributed by atoms with Gasteiger partial charge in [0.15, 0.2) is 21.2 Å². The second-order valence-electron chi connectivity index (χ2n) is 9.98. The van der Waals surface area contributed by atoms with Crippen LogP contribution in [0, 0.1) is 25.7 Å². The van der Waals surface area contributed by atoms with E-state index in [-0.39, 0.29) is 34.8 Å². The molecule has 0 spiro atoms. The van der Waals surface area contributed by atoms with E-state index < -0.39 is 22.4 Å². The Morgan fingerprint density at radius 3 is 2.68 bits per heavy atom. The fourth-order valence-corrected chi connectivity index (χ4v) is 6.73. The fraction of sp³-hybridized carbons (Fsp3) is 0.214. The van der Waals surface area contributed by atoms with E-state index in [2.05, 4.69) is 11.8 Å². The van der Waals surface area contributed by atoms with E-state index in [4.69, 9.17) is 4.42 Å². The Bertz CT molecular complexity index is 1950. The third-order valence-corrected chi connectivity index (χ3v) is 8.80. The van der Waals surface area contributed by atoms with Gasteiger partial charge in [0.25, 0.3) is 0 Å². The topological polar surface area (TPSA) is 72.3 Å². The molecule has 0 bridgehead atoms. The molecule has 1 aromatic carbocycles. The Labute approximate surface area is 218 Å². The first-order valence-corrected chi connectivity index (χ1v) is 14.0. The molecule has 6 rings (SSSR count). The number of aromatic nitrogens is 1. The number of hydrogen-bond donors (Lipinski definition) is 0. The van der Waals surface area contributed by atoms with Gasteiger partial charge in [0, 0.05) is 46.9 Å². The van der Waals surface area contributed by atoms with Crippen molar-refractivity contribution in [3.05, 3.63) is 91.7 Å². The lowest BCUT2D eigenvalue weighted by atomic mass is 9.89. The smallest absolute Gasteiger partial charge is 0.422 e. The highest BCUT2D eigenvalue weighted by Gasteiger charge is 2.53. The highest BCUT2D eigenvalue weighted by atomic mass is 32.2. The van der Waals surface area contributed by atoms with Crippen molar-refractivity contribution < 1.29 is 26.0 Å². The molecule has 0 unspecified atom stereocenters. The van der Waals surface area contributed by atoms with Crippen molar-refractivity contribution in [1.82, 2.24) is 4.48 Å². The molecule has 3 aliphatic heterocycles. The first-order chi connectivity index (χ1) is 17.9. The molecule has 0 N–H and O–H groups in total. The molecule has 3 aromatic rings. The van der Waals surface area contributed by atoms with Crippen LogP contribution in [-0.4, -0.2) is 35.8 Å². The molecule has 0 amide bonds. The lowest BCUT2D eigenvalue weighted by molar-refractivity contribution is -0.361. The summed E-state index contributed by atoms with van der Waals surface area (Å²) in [6, 6.07) is 6.57. The minimum atomic E-state index is -4.15. The summed E-state index contributed by atoms with van der Waals surface area (Å²) in [7, 11) is -3.32. The van der Waals surface area contributed by atoms with Crippen LogP contribution in [0.2, 0.25) is 0 Å². The lowest BCUT2D eigenvalue weighted by Crippen LogP contribution is -2.50. The molecule has 3 aliphatic rings. The summed E-state index contributed by atoms with van der Waals surface area (Å²) < 4.78 is 64.0. The molecular weight excluding hydrogens is 509 g/mol. The maximum Gasteiger partial charge on any atom is 0.737 e. The summed E-state index contributed by atoms with van der Waals surface area (Å²) in [5.41, 5.74) is 3.99. The fourth-order valence-electron chi connectivity index (χ4n) is 5.46. The number of benzene rings is 1. The molecule has 10 heteroatoms. The van der Waals surface area contributed by atoms with E-state index in [0.717, 1.165) is 14.5 Å². The van der Waals surface area contributed by atoms with Crippen molar-refractivity contribution in [3.63, 3.8) is 0 Å². The van der Waals surface area contributed by atoms with Gasteiger partial charge in [0.05, 0.1) is 17.1 Å². The Kier molecular flexibility index (Phi) is 5.30. The van der Waals surface area contributed by atoms with Crippen molar-refractivity contribution >= 4 is 45.6 Å². The van der Waals surface area contributed by atoms with Gasteiger partial charge in [-0.2, -0.15) is 0 Å². The summed E-state index contributed by atoms with van der Waals surface area (Å²) in [4.78, 5) is 12.8. The molecule has 0 radical (unpaired) electrons.